The van der Waals surface area contributed by atoms with Crippen molar-refractivity contribution in [3.8, 4) is 0 Å². The van der Waals surface area contributed by atoms with Gasteiger partial charge in [-0.25, -0.2) is 4.79 Å². The van der Waals surface area contributed by atoms with Crippen molar-refractivity contribution in [2.45, 2.75) is 6.92 Å². The monoisotopic (exact) mass is 311 g/mol. The van der Waals surface area contributed by atoms with Gasteiger partial charge >= 0.3 is 5.97 Å². The standard InChI is InChI=1S/C14H18ClN3O3/c1-4-21-14(20)13(12(19)9-15)17-16-10-5-7-11(8-6-10)18(2)3/h5-8,19H,4,9H2,1-3H3/b13-12+,17-16?. The highest BCUT2D eigenvalue weighted by Gasteiger charge is 2.16. The molecule has 0 saturated carbocycles. The van der Waals surface area contributed by atoms with Crippen LogP contribution in [0, 0.1) is 0 Å². The average Bonchev–Trinajstić information content (AvgIpc) is 2.47. The number of benzene rings is 1. The molecule has 21 heavy (non-hydrogen) atoms. The zero-order valence-electron chi connectivity index (χ0n) is 12.2. The molecule has 1 aromatic carbocycles. The Balaban J connectivity index is 2.95. The number of ether oxygens (including phenoxy) is 1. The van der Waals surface area contributed by atoms with Gasteiger partial charge in [0.05, 0.1) is 18.2 Å². The summed E-state index contributed by atoms with van der Waals surface area (Å²) in [6, 6.07) is 7.23. The van der Waals surface area contributed by atoms with E-state index in [1.54, 1.807) is 19.1 Å². The van der Waals surface area contributed by atoms with Gasteiger partial charge in [-0.1, -0.05) is 0 Å². The van der Waals surface area contributed by atoms with Crippen LogP contribution in [-0.2, 0) is 9.53 Å². The third-order valence-corrected chi connectivity index (χ3v) is 2.75. The second-order valence-electron chi connectivity index (χ2n) is 4.26. The van der Waals surface area contributed by atoms with E-state index in [0.717, 1.165) is 5.69 Å². The number of alkyl halides is 1. The number of hydrogen-bond donors (Lipinski definition) is 1. The predicted octanol–water partition coefficient (Wildman–Crippen LogP) is 3.41. The van der Waals surface area contributed by atoms with Crippen LogP contribution in [0.3, 0.4) is 0 Å². The summed E-state index contributed by atoms with van der Waals surface area (Å²) in [6.45, 7) is 1.83. The lowest BCUT2D eigenvalue weighted by Gasteiger charge is -2.11. The van der Waals surface area contributed by atoms with Crippen LogP contribution in [0.25, 0.3) is 0 Å². The van der Waals surface area contributed by atoms with E-state index < -0.39 is 5.97 Å². The van der Waals surface area contributed by atoms with E-state index in [2.05, 4.69) is 10.2 Å². The van der Waals surface area contributed by atoms with Crippen molar-refractivity contribution < 1.29 is 14.6 Å². The maximum atomic E-state index is 11.6. The Labute approximate surface area is 128 Å². The van der Waals surface area contributed by atoms with E-state index in [1.165, 1.54) is 0 Å². The van der Waals surface area contributed by atoms with Crippen molar-refractivity contribution in [3.05, 3.63) is 35.7 Å². The average molecular weight is 312 g/mol. The zero-order valence-corrected chi connectivity index (χ0v) is 13.0. The largest absolute Gasteiger partial charge is 0.508 e. The van der Waals surface area contributed by atoms with Gasteiger partial charge in [0.1, 0.15) is 5.76 Å². The number of hydrogen-bond acceptors (Lipinski definition) is 6. The van der Waals surface area contributed by atoms with E-state index in [1.807, 2.05) is 31.1 Å². The lowest BCUT2D eigenvalue weighted by molar-refractivity contribution is -0.138. The van der Waals surface area contributed by atoms with Gasteiger partial charge in [0.25, 0.3) is 0 Å². The van der Waals surface area contributed by atoms with Crippen LogP contribution in [-0.4, -0.2) is 37.7 Å². The Morgan fingerprint density at radius 1 is 1.33 bits per heavy atom. The van der Waals surface area contributed by atoms with Gasteiger partial charge in [-0.3, -0.25) is 0 Å². The SMILES string of the molecule is CCOC(=O)/C(N=Nc1ccc(N(C)C)cc1)=C(\O)CCl. The van der Waals surface area contributed by atoms with Gasteiger partial charge in [-0.05, 0) is 31.2 Å². The molecule has 0 atom stereocenters. The third-order valence-electron chi connectivity index (χ3n) is 2.50. The quantitative estimate of drug-likeness (QED) is 0.287. The van der Waals surface area contributed by atoms with E-state index >= 15 is 0 Å². The van der Waals surface area contributed by atoms with Crippen molar-refractivity contribution >= 4 is 28.9 Å². The summed E-state index contributed by atoms with van der Waals surface area (Å²) < 4.78 is 4.79. The number of azo groups is 1. The van der Waals surface area contributed by atoms with Gasteiger partial charge < -0.3 is 14.7 Å². The summed E-state index contributed by atoms with van der Waals surface area (Å²) in [4.78, 5) is 13.6. The molecule has 0 fully saturated rings. The number of aliphatic hydroxyl groups excluding tert-OH is 1. The van der Waals surface area contributed by atoms with E-state index in [4.69, 9.17) is 16.3 Å². The smallest absolute Gasteiger partial charge is 0.362 e. The number of anilines is 1. The molecule has 1 rings (SSSR count). The lowest BCUT2D eigenvalue weighted by atomic mass is 10.3. The fourth-order valence-corrected chi connectivity index (χ4v) is 1.53. The number of halogens is 1. The Hall–Kier alpha value is -2.08. The highest BCUT2D eigenvalue weighted by molar-refractivity contribution is 6.19. The molecule has 0 spiro atoms. The highest BCUT2D eigenvalue weighted by Crippen LogP contribution is 2.20. The minimum atomic E-state index is -0.760. The second kappa shape index (κ2) is 8.26. The molecule has 0 heterocycles. The molecule has 0 aliphatic rings. The summed E-state index contributed by atoms with van der Waals surface area (Å²) in [6.07, 6.45) is 0. The van der Waals surface area contributed by atoms with Crippen molar-refractivity contribution in [1.29, 1.82) is 0 Å². The molecular weight excluding hydrogens is 294 g/mol. The Morgan fingerprint density at radius 3 is 2.43 bits per heavy atom. The summed E-state index contributed by atoms with van der Waals surface area (Å²) in [5.41, 5.74) is 1.27. The molecule has 0 aromatic heterocycles. The summed E-state index contributed by atoms with van der Waals surface area (Å²) in [5, 5.41) is 17.2. The van der Waals surface area contributed by atoms with Gasteiger partial charge in [0.2, 0.25) is 5.70 Å². The van der Waals surface area contributed by atoms with Crippen molar-refractivity contribution in [3.63, 3.8) is 0 Å². The maximum absolute atomic E-state index is 11.6. The topological polar surface area (TPSA) is 74.5 Å². The number of rotatable bonds is 6. The summed E-state index contributed by atoms with van der Waals surface area (Å²) in [7, 11) is 3.85. The molecule has 0 bridgehead atoms. The minimum absolute atomic E-state index is 0.172. The first-order valence-corrected chi connectivity index (χ1v) is 6.87. The maximum Gasteiger partial charge on any atom is 0.362 e. The molecule has 7 heteroatoms. The van der Waals surface area contributed by atoms with Crippen LogP contribution in [0.5, 0.6) is 0 Å². The molecule has 114 valence electrons. The van der Waals surface area contributed by atoms with Crippen LogP contribution < -0.4 is 4.90 Å². The van der Waals surface area contributed by atoms with Crippen LogP contribution in [0.15, 0.2) is 46.0 Å². The van der Waals surface area contributed by atoms with Crippen LogP contribution in [0.1, 0.15) is 6.92 Å². The first kappa shape index (κ1) is 17.0. The van der Waals surface area contributed by atoms with Gasteiger partial charge in [0, 0.05) is 19.8 Å². The molecule has 0 aliphatic heterocycles. The molecule has 6 nitrogen and oxygen atoms in total. The van der Waals surface area contributed by atoms with Gasteiger partial charge in [-0.15, -0.1) is 16.7 Å². The predicted molar refractivity (Wildman–Crippen MR) is 82.3 cm³/mol. The molecule has 1 N–H and O–H groups in total. The van der Waals surface area contributed by atoms with Crippen LogP contribution in [0.4, 0.5) is 11.4 Å². The number of nitrogens with zero attached hydrogens (tertiary/aromatic N) is 3. The third kappa shape index (κ3) is 5.07. The van der Waals surface area contributed by atoms with Gasteiger partial charge in [0.15, 0.2) is 0 Å². The van der Waals surface area contributed by atoms with E-state index in [-0.39, 0.29) is 23.9 Å². The normalized spacial score (nSPS) is 12.2. The molecule has 0 unspecified atom stereocenters. The first-order chi connectivity index (χ1) is 9.99. The first-order valence-electron chi connectivity index (χ1n) is 6.34. The van der Waals surface area contributed by atoms with E-state index in [0.29, 0.717) is 5.69 Å². The Bertz CT molecular complexity index is 539. The number of aliphatic hydroxyl groups is 1. The lowest BCUT2D eigenvalue weighted by Crippen LogP contribution is -2.09. The number of allylic oxidation sites excluding steroid dienone is 1. The number of esters is 1. The van der Waals surface area contributed by atoms with Crippen molar-refractivity contribution in [2.24, 2.45) is 10.2 Å². The molecule has 0 aliphatic carbocycles. The van der Waals surface area contributed by atoms with E-state index in [9.17, 15) is 9.90 Å². The van der Waals surface area contributed by atoms with Crippen LogP contribution in [0.2, 0.25) is 0 Å². The molecule has 0 radical (unpaired) electrons. The summed E-state index contributed by atoms with van der Waals surface area (Å²) in [5.74, 6) is -1.37. The fraction of sp³-hybridized carbons (Fsp3) is 0.357. The molecule has 0 saturated heterocycles. The van der Waals surface area contributed by atoms with Gasteiger partial charge in [-0.2, -0.15) is 5.11 Å². The Kier molecular flexibility index (Phi) is 6.68. The minimum Gasteiger partial charge on any atom is -0.508 e. The van der Waals surface area contributed by atoms with Crippen LogP contribution >= 0.6 is 11.6 Å². The molecule has 0 amide bonds. The number of carbonyl (C=O) groups is 1. The summed E-state index contributed by atoms with van der Waals surface area (Å²) >= 11 is 5.51. The number of carbonyl (C=O) groups excluding carboxylic acids is 1. The fourth-order valence-electron chi connectivity index (χ4n) is 1.40. The Morgan fingerprint density at radius 2 is 1.95 bits per heavy atom. The second-order valence-corrected chi connectivity index (χ2v) is 4.53. The highest BCUT2D eigenvalue weighted by atomic mass is 35.5. The molecular formula is C14H18ClN3O3. The zero-order chi connectivity index (χ0) is 15.8. The van der Waals surface area contributed by atoms with Crippen molar-refractivity contribution in [2.75, 3.05) is 31.5 Å². The van der Waals surface area contributed by atoms with Crippen molar-refractivity contribution in [1.82, 2.24) is 0 Å². The molecule has 1 aromatic rings.